The molecule has 21 heavy (non-hydrogen) atoms. The number of benzene rings is 1. The highest BCUT2D eigenvalue weighted by Crippen LogP contribution is 2.39. The van der Waals surface area contributed by atoms with E-state index in [1.165, 1.54) is 56.3 Å². The highest BCUT2D eigenvalue weighted by Gasteiger charge is 2.33. The van der Waals surface area contributed by atoms with Crippen molar-refractivity contribution in [2.75, 3.05) is 18.0 Å². The van der Waals surface area contributed by atoms with Crippen LogP contribution in [-0.4, -0.2) is 19.1 Å². The van der Waals surface area contributed by atoms with E-state index in [0.717, 1.165) is 30.1 Å². The number of rotatable bonds is 4. The Balaban J connectivity index is 1.87. The molecule has 2 atom stereocenters. The molecule has 1 heterocycles. The fourth-order valence-corrected chi connectivity index (χ4v) is 4.35. The van der Waals surface area contributed by atoms with Crippen molar-refractivity contribution in [3.8, 4) is 0 Å². The number of piperidine rings is 1. The van der Waals surface area contributed by atoms with Crippen molar-refractivity contribution in [2.24, 2.45) is 5.92 Å². The van der Waals surface area contributed by atoms with E-state index in [4.69, 9.17) is 11.6 Å². The summed E-state index contributed by atoms with van der Waals surface area (Å²) in [6, 6.07) is 7.20. The van der Waals surface area contributed by atoms with Gasteiger partial charge in [0.2, 0.25) is 0 Å². The van der Waals surface area contributed by atoms with Gasteiger partial charge in [0, 0.05) is 29.8 Å². The highest BCUT2D eigenvalue weighted by molar-refractivity contribution is 6.30. The first kappa shape index (κ1) is 15.2. The van der Waals surface area contributed by atoms with Gasteiger partial charge in [-0.05, 0) is 61.9 Å². The molecule has 0 radical (unpaired) electrons. The lowest BCUT2D eigenvalue weighted by molar-refractivity contribution is 0.243. The molecule has 2 fully saturated rings. The van der Waals surface area contributed by atoms with Crippen LogP contribution in [0.5, 0.6) is 0 Å². The average molecular weight is 307 g/mol. The van der Waals surface area contributed by atoms with Crippen molar-refractivity contribution >= 4 is 17.3 Å². The lowest BCUT2D eigenvalue weighted by atomic mass is 9.78. The van der Waals surface area contributed by atoms with Gasteiger partial charge in [-0.1, -0.05) is 31.4 Å². The minimum absolute atomic E-state index is 0.758. The summed E-state index contributed by atoms with van der Waals surface area (Å²) in [7, 11) is 0. The minimum Gasteiger partial charge on any atom is -0.368 e. The smallest absolute Gasteiger partial charge is 0.0415 e. The zero-order valence-electron chi connectivity index (χ0n) is 13.1. The van der Waals surface area contributed by atoms with Crippen molar-refractivity contribution in [1.29, 1.82) is 0 Å². The number of hydrogen-bond acceptors (Lipinski definition) is 2. The van der Waals surface area contributed by atoms with Gasteiger partial charge in [0.15, 0.2) is 0 Å². The third-order valence-corrected chi connectivity index (χ3v) is 5.39. The van der Waals surface area contributed by atoms with Crippen molar-refractivity contribution < 1.29 is 0 Å². The summed E-state index contributed by atoms with van der Waals surface area (Å²) in [5.41, 5.74) is 2.77. The van der Waals surface area contributed by atoms with Crippen molar-refractivity contribution in [3.63, 3.8) is 0 Å². The molecule has 0 bridgehead atoms. The second kappa shape index (κ2) is 7.02. The second-order valence-electron chi connectivity index (χ2n) is 6.50. The molecule has 1 aliphatic carbocycles. The maximum atomic E-state index is 6.23. The van der Waals surface area contributed by atoms with E-state index < -0.39 is 0 Å². The number of nitrogens with zero attached hydrogens (tertiary/aromatic N) is 1. The average Bonchev–Trinajstić information content (AvgIpc) is 2.52. The van der Waals surface area contributed by atoms with E-state index in [-0.39, 0.29) is 0 Å². The van der Waals surface area contributed by atoms with E-state index in [1.54, 1.807) is 0 Å². The molecule has 2 aliphatic rings. The van der Waals surface area contributed by atoms with Gasteiger partial charge in [-0.25, -0.2) is 0 Å². The van der Waals surface area contributed by atoms with Gasteiger partial charge in [0.1, 0.15) is 0 Å². The van der Waals surface area contributed by atoms with Crippen LogP contribution in [0.1, 0.15) is 51.0 Å². The molecule has 1 N–H and O–H groups in total. The number of halogens is 1. The molecule has 3 heteroatoms. The Bertz CT molecular complexity index is 472. The lowest BCUT2D eigenvalue weighted by Gasteiger charge is -2.46. The molecule has 3 rings (SSSR count). The van der Waals surface area contributed by atoms with Gasteiger partial charge in [-0.3, -0.25) is 0 Å². The molecule has 1 aromatic rings. The van der Waals surface area contributed by atoms with Gasteiger partial charge in [0.25, 0.3) is 0 Å². The van der Waals surface area contributed by atoms with Crippen LogP contribution < -0.4 is 10.2 Å². The molecule has 0 amide bonds. The standard InChI is InChI=1S/C18H27ClN2/c1-2-20-13-15-12-16(19)9-10-18(15)21-11-5-7-14-6-3-4-8-17(14)21/h9-10,12,14,17,20H,2-8,11,13H2,1H3/t14-,17-/m1/s1. The first-order valence-corrected chi connectivity index (χ1v) is 8.93. The number of fused-ring (bicyclic) bond motifs is 1. The Morgan fingerprint density at radius 3 is 2.86 bits per heavy atom. The largest absolute Gasteiger partial charge is 0.368 e. The summed E-state index contributed by atoms with van der Waals surface area (Å²) < 4.78 is 0. The van der Waals surface area contributed by atoms with E-state index in [1.807, 2.05) is 0 Å². The van der Waals surface area contributed by atoms with Gasteiger partial charge in [-0.15, -0.1) is 0 Å². The van der Waals surface area contributed by atoms with Gasteiger partial charge < -0.3 is 10.2 Å². The number of nitrogens with one attached hydrogen (secondary N) is 1. The lowest BCUT2D eigenvalue weighted by Crippen LogP contribution is -2.47. The molecule has 0 spiro atoms. The maximum absolute atomic E-state index is 6.23. The predicted octanol–water partition coefficient (Wildman–Crippen LogP) is 4.61. The molecule has 0 unspecified atom stereocenters. The molecule has 1 saturated carbocycles. The summed E-state index contributed by atoms with van der Waals surface area (Å²) in [4.78, 5) is 2.69. The summed E-state index contributed by atoms with van der Waals surface area (Å²) in [6.07, 6.45) is 8.39. The Morgan fingerprint density at radius 2 is 2.00 bits per heavy atom. The molecule has 0 aromatic heterocycles. The molecule has 1 aromatic carbocycles. The van der Waals surface area contributed by atoms with Gasteiger partial charge >= 0.3 is 0 Å². The first-order valence-electron chi connectivity index (χ1n) is 8.55. The van der Waals surface area contributed by atoms with Crippen LogP contribution in [-0.2, 0) is 6.54 Å². The Kier molecular flexibility index (Phi) is 5.07. The summed E-state index contributed by atoms with van der Waals surface area (Å²) in [5, 5.41) is 4.31. The van der Waals surface area contributed by atoms with E-state index in [0.29, 0.717) is 0 Å². The molecule has 1 saturated heterocycles. The third kappa shape index (κ3) is 3.37. The maximum Gasteiger partial charge on any atom is 0.0415 e. The van der Waals surface area contributed by atoms with E-state index in [9.17, 15) is 0 Å². The molecule has 1 aliphatic heterocycles. The highest BCUT2D eigenvalue weighted by atomic mass is 35.5. The van der Waals surface area contributed by atoms with Crippen molar-refractivity contribution in [3.05, 3.63) is 28.8 Å². The topological polar surface area (TPSA) is 15.3 Å². The summed E-state index contributed by atoms with van der Waals surface area (Å²) in [5.74, 6) is 0.912. The minimum atomic E-state index is 0.758. The molecule has 2 nitrogen and oxygen atoms in total. The number of anilines is 1. The van der Waals surface area contributed by atoms with Crippen LogP contribution >= 0.6 is 11.6 Å². The van der Waals surface area contributed by atoms with Crippen LogP contribution in [0.2, 0.25) is 5.02 Å². The number of hydrogen-bond donors (Lipinski definition) is 1. The summed E-state index contributed by atoms with van der Waals surface area (Å²) in [6.45, 7) is 5.28. The Hall–Kier alpha value is -0.730. The quantitative estimate of drug-likeness (QED) is 0.874. The normalized spacial score (nSPS) is 25.7. The SMILES string of the molecule is CCNCc1cc(Cl)ccc1N1CCC[C@H]2CCCC[C@H]21. The molecular weight excluding hydrogens is 280 g/mol. The van der Waals surface area contributed by atoms with Crippen LogP contribution in [0.3, 0.4) is 0 Å². The Morgan fingerprint density at radius 1 is 1.19 bits per heavy atom. The summed E-state index contributed by atoms with van der Waals surface area (Å²) >= 11 is 6.23. The van der Waals surface area contributed by atoms with Crippen molar-refractivity contribution in [1.82, 2.24) is 5.32 Å². The van der Waals surface area contributed by atoms with Crippen LogP contribution in [0, 0.1) is 5.92 Å². The second-order valence-corrected chi connectivity index (χ2v) is 6.94. The fourth-order valence-electron chi connectivity index (χ4n) is 4.16. The van der Waals surface area contributed by atoms with Crippen molar-refractivity contribution in [2.45, 2.75) is 58.0 Å². The van der Waals surface area contributed by atoms with Crippen LogP contribution in [0.4, 0.5) is 5.69 Å². The zero-order valence-corrected chi connectivity index (χ0v) is 13.8. The molecular formula is C18H27ClN2. The Labute approximate surface area is 133 Å². The van der Waals surface area contributed by atoms with E-state index >= 15 is 0 Å². The third-order valence-electron chi connectivity index (χ3n) is 5.16. The predicted molar refractivity (Wildman–Crippen MR) is 91.2 cm³/mol. The van der Waals surface area contributed by atoms with Crippen LogP contribution in [0.25, 0.3) is 0 Å². The first-order chi connectivity index (χ1) is 10.3. The fraction of sp³-hybridized carbons (Fsp3) is 0.667. The van der Waals surface area contributed by atoms with E-state index in [2.05, 4.69) is 35.3 Å². The van der Waals surface area contributed by atoms with Gasteiger partial charge in [-0.2, -0.15) is 0 Å². The zero-order chi connectivity index (χ0) is 14.7. The van der Waals surface area contributed by atoms with Crippen LogP contribution in [0.15, 0.2) is 18.2 Å². The van der Waals surface area contributed by atoms with Gasteiger partial charge in [0.05, 0.1) is 0 Å². The molecule has 116 valence electrons. The monoisotopic (exact) mass is 306 g/mol.